The molecule has 208 valence electrons. The van der Waals surface area contributed by atoms with E-state index >= 15 is 0 Å². The van der Waals surface area contributed by atoms with Crippen molar-refractivity contribution in [2.45, 2.75) is 48.5 Å². The number of nitrogens with one attached hydrogen (secondary N) is 2. The fraction of sp³-hybridized carbons (Fsp3) is 0.393. The van der Waals surface area contributed by atoms with Gasteiger partial charge < -0.3 is 14.7 Å². The zero-order chi connectivity index (χ0) is 27.8. The maximum Gasteiger partial charge on any atom is 0.401 e. The maximum absolute atomic E-state index is 13.0. The number of aromatic nitrogens is 2. The molecule has 2 heterocycles. The maximum atomic E-state index is 13.0. The summed E-state index contributed by atoms with van der Waals surface area (Å²) in [7, 11) is 0. The highest BCUT2D eigenvalue weighted by Gasteiger charge is 2.31. The van der Waals surface area contributed by atoms with E-state index in [1.165, 1.54) is 0 Å². The number of benzene rings is 2. The molecule has 1 aliphatic heterocycles. The molecule has 3 aromatic rings. The van der Waals surface area contributed by atoms with Crippen LogP contribution < -0.4 is 11.0 Å². The first kappa shape index (κ1) is 28.7. The minimum absolute atomic E-state index is 0.0617. The second-order valence-electron chi connectivity index (χ2n) is 9.55. The molecule has 0 spiro atoms. The molecule has 2 aromatic carbocycles. The third-order valence-electron chi connectivity index (χ3n) is 6.70. The Kier molecular flexibility index (Phi) is 9.68. The van der Waals surface area contributed by atoms with E-state index < -0.39 is 23.3 Å². The van der Waals surface area contributed by atoms with Gasteiger partial charge in [-0.1, -0.05) is 60.7 Å². The van der Waals surface area contributed by atoms with Crippen molar-refractivity contribution in [2.24, 2.45) is 0 Å². The molecule has 11 heteroatoms. The summed E-state index contributed by atoms with van der Waals surface area (Å²) in [6, 6.07) is 18.5. The van der Waals surface area contributed by atoms with Gasteiger partial charge in [-0.05, 0) is 30.4 Å². The van der Waals surface area contributed by atoms with E-state index in [1.54, 1.807) is 27.8 Å². The highest BCUT2D eigenvalue weighted by atomic mass is 32.2. The number of nitrogens with zero attached hydrogens (tertiary/aromatic N) is 2. The number of carbonyl (C=O) groups excluding carboxylic acids is 2. The molecule has 2 N–H and O–H groups in total. The van der Waals surface area contributed by atoms with Crippen LogP contribution in [0.4, 0.5) is 13.2 Å². The van der Waals surface area contributed by atoms with E-state index in [-0.39, 0.29) is 30.5 Å². The third-order valence-corrected chi connectivity index (χ3v) is 7.99. The van der Waals surface area contributed by atoms with Gasteiger partial charge in [-0.3, -0.25) is 14.7 Å². The number of imidazole rings is 1. The van der Waals surface area contributed by atoms with Gasteiger partial charge in [-0.25, -0.2) is 4.79 Å². The molecule has 4 rings (SSSR count). The second kappa shape index (κ2) is 13.2. The summed E-state index contributed by atoms with van der Waals surface area (Å²) in [6.45, 7) is -0.329. The van der Waals surface area contributed by atoms with Crippen LogP contribution in [0, 0.1) is 0 Å². The number of hydrogen-bond acceptors (Lipinski definition) is 5. The molecule has 0 radical (unpaired) electrons. The lowest BCUT2D eigenvalue weighted by molar-refractivity contribution is -0.133. The summed E-state index contributed by atoms with van der Waals surface area (Å²) in [5.74, 6) is -0.223. The summed E-state index contributed by atoms with van der Waals surface area (Å²) < 4.78 is 40.3. The molecule has 1 fully saturated rings. The monoisotopic (exact) mass is 560 g/mol. The second-order valence-corrected chi connectivity index (χ2v) is 11.0. The standard InChI is InChI=1S/C28H31F3N4O3S/c29-28(30,31)19-32-25(15-20-7-3-1-4-8-20)39-23(18-36)16-26(37)34-13-11-22(12-14-34)35-17-24(33-27(35)38)21-9-5-2-6-10-21/h1-10,17-18,22-23,25,32H,11-16,19H2,(H,33,38). The third kappa shape index (κ3) is 8.34. The first-order valence-electron chi connectivity index (χ1n) is 12.8. The minimum Gasteiger partial charge on any atom is -0.342 e. The van der Waals surface area contributed by atoms with E-state index in [0.717, 1.165) is 28.6 Å². The predicted octanol–water partition coefficient (Wildman–Crippen LogP) is 4.42. The van der Waals surface area contributed by atoms with Gasteiger partial charge in [0.2, 0.25) is 5.91 Å². The Morgan fingerprint density at radius 1 is 1.08 bits per heavy atom. The number of piperidine rings is 1. The summed E-state index contributed by atoms with van der Waals surface area (Å²) in [6.07, 6.45) is -0.606. The Hall–Kier alpha value is -3.31. The van der Waals surface area contributed by atoms with Gasteiger partial charge in [-0.2, -0.15) is 13.2 Å². The van der Waals surface area contributed by atoms with Crippen LogP contribution >= 0.6 is 11.8 Å². The molecule has 0 aliphatic carbocycles. The SMILES string of the molecule is O=CC(CC(=O)N1CCC(n2cc(-c3ccccc3)[nH]c2=O)CC1)SC(Cc1ccccc1)NCC(F)(F)F. The van der Waals surface area contributed by atoms with Crippen LogP contribution in [0.1, 0.15) is 30.9 Å². The normalized spacial score (nSPS) is 16.1. The van der Waals surface area contributed by atoms with Crippen molar-refractivity contribution in [1.29, 1.82) is 0 Å². The topological polar surface area (TPSA) is 87.2 Å². The quantitative estimate of drug-likeness (QED) is 0.268. The Morgan fingerprint density at radius 2 is 1.72 bits per heavy atom. The zero-order valence-electron chi connectivity index (χ0n) is 21.3. The lowest BCUT2D eigenvalue weighted by Crippen LogP contribution is -2.42. The molecule has 7 nitrogen and oxygen atoms in total. The number of H-pyrrole nitrogens is 1. The number of likely N-dealkylation sites (tertiary alicyclic amines) is 1. The largest absolute Gasteiger partial charge is 0.401 e. The van der Waals surface area contributed by atoms with Gasteiger partial charge in [0.15, 0.2) is 0 Å². The number of rotatable bonds is 11. The fourth-order valence-corrected chi connectivity index (χ4v) is 5.90. The van der Waals surface area contributed by atoms with Gasteiger partial charge in [0.1, 0.15) is 6.29 Å². The van der Waals surface area contributed by atoms with Crippen LogP contribution in [-0.4, -0.2) is 63.1 Å². The zero-order valence-corrected chi connectivity index (χ0v) is 22.1. The molecule has 0 bridgehead atoms. The molecule has 1 aromatic heterocycles. The summed E-state index contributed by atoms with van der Waals surface area (Å²) >= 11 is 1.04. The number of aldehydes is 1. The lowest BCUT2D eigenvalue weighted by Gasteiger charge is -2.33. The van der Waals surface area contributed by atoms with E-state index in [2.05, 4.69) is 10.3 Å². The Bertz CT molecular complexity index is 1270. The summed E-state index contributed by atoms with van der Waals surface area (Å²) in [5.41, 5.74) is 2.27. The first-order valence-corrected chi connectivity index (χ1v) is 13.8. The van der Waals surface area contributed by atoms with Crippen LogP contribution in [0.25, 0.3) is 11.3 Å². The highest BCUT2D eigenvalue weighted by Crippen LogP contribution is 2.27. The van der Waals surface area contributed by atoms with Crippen molar-refractivity contribution in [2.75, 3.05) is 19.6 Å². The number of thioether (sulfide) groups is 1. The van der Waals surface area contributed by atoms with E-state index in [9.17, 15) is 27.6 Å². The van der Waals surface area contributed by atoms with Crippen molar-refractivity contribution in [3.8, 4) is 11.3 Å². The van der Waals surface area contributed by atoms with Crippen LogP contribution in [0.3, 0.4) is 0 Å². The molecule has 1 amide bonds. The molecular formula is C28H31F3N4O3S. The van der Waals surface area contributed by atoms with Gasteiger partial charge in [0.05, 0.1) is 22.9 Å². The lowest BCUT2D eigenvalue weighted by atomic mass is 10.0. The summed E-state index contributed by atoms with van der Waals surface area (Å²) in [4.78, 5) is 42.0. The van der Waals surface area contributed by atoms with Crippen LogP contribution in [-0.2, 0) is 16.0 Å². The van der Waals surface area contributed by atoms with E-state index in [1.807, 2.05) is 48.5 Å². The van der Waals surface area contributed by atoms with Crippen molar-refractivity contribution < 1.29 is 22.8 Å². The Balaban J connectivity index is 1.33. The van der Waals surface area contributed by atoms with Crippen molar-refractivity contribution in [3.63, 3.8) is 0 Å². The van der Waals surface area contributed by atoms with Crippen molar-refractivity contribution >= 4 is 24.0 Å². The minimum atomic E-state index is -4.39. The molecule has 39 heavy (non-hydrogen) atoms. The van der Waals surface area contributed by atoms with Gasteiger partial charge in [0.25, 0.3) is 0 Å². The average Bonchev–Trinajstić information content (AvgIpc) is 3.33. The number of alkyl halides is 3. The van der Waals surface area contributed by atoms with Crippen LogP contribution in [0.2, 0.25) is 0 Å². The van der Waals surface area contributed by atoms with Crippen LogP contribution in [0.5, 0.6) is 0 Å². The fourth-order valence-electron chi connectivity index (χ4n) is 4.71. The molecule has 2 atom stereocenters. The molecule has 0 saturated carbocycles. The molecule has 2 unspecified atom stereocenters. The number of aromatic amines is 1. The Labute approximate surface area is 228 Å². The Morgan fingerprint density at radius 3 is 2.33 bits per heavy atom. The predicted molar refractivity (Wildman–Crippen MR) is 145 cm³/mol. The van der Waals surface area contributed by atoms with Gasteiger partial charge >= 0.3 is 11.9 Å². The van der Waals surface area contributed by atoms with Gasteiger partial charge in [-0.15, -0.1) is 11.8 Å². The van der Waals surface area contributed by atoms with Gasteiger partial charge in [0, 0.05) is 31.7 Å². The molecule has 1 aliphatic rings. The number of halogens is 3. The highest BCUT2D eigenvalue weighted by molar-refractivity contribution is 8.01. The molecular weight excluding hydrogens is 529 g/mol. The number of hydrogen-bond donors (Lipinski definition) is 2. The smallest absolute Gasteiger partial charge is 0.342 e. The number of carbonyl (C=O) groups is 2. The van der Waals surface area contributed by atoms with Crippen molar-refractivity contribution in [3.05, 3.63) is 82.9 Å². The first-order chi connectivity index (χ1) is 18.7. The number of amides is 1. The van der Waals surface area contributed by atoms with E-state index in [0.29, 0.717) is 32.2 Å². The summed E-state index contributed by atoms with van der Waals surface area (Å²) in [5, 5.41) is 1.01. The van der Waals surface area contributed by atoms with Crippen LogP contribution in [0.15, 0.2) is 71.7 Å². The molecule has 1 saturated heterocycles. The average molecular weight is 561 g/mol. The van der Waals surface area contributed by atoms with Crippen molar-refractivity contribution in [1.82, 2.24) is 19.8 Å². The van der Waals surface area contributed by atoms with E-state index in [4.69, 9.17) is 0 Å².